The van der Waals surface area contributed by atoms with Crippen LogP contribution in [0.2, 0.25) is 0 Å². The van der Waals surface area contributed by atoms with Crippen LogP contribution >= 0.6 is 0 Å². The Morgan fingerprint density at radius 1 is 1.38 bits per heavy atom. The van der Waals surface area contributed by atoms with E-state index in [0.717, 1.165) is 38.6 Å². The monoisotopic (exact) mass is 292 g/mol. The van der Waals surface area contributed by atoms with E-state index in [0.29, 0.717) is 18.2 Å². The molecule has 0 spiro atoms. The van der Waals surface area contributed by atoms with E-state index in [2.05, 4.69) is 40.2 Å². The van der Waals surface area contributed by atoms with E-state index in [1.54, 1.807) is 0 Å². The normalized spacial score (nSPS) is 30.0. The van der Waals surface area contributed by atoms with E-state index in [9.17, 15) is 0 Å². The van der Waals surface area contributed by atoms with Crippen LogP contribution in [0.4, 0.5) is 0 Å². The molecule has 118 valence electrons. The van der Waals surface area contributed by atoms with Crippen LogP contribution < -0.4 is 0 Å². The van der Waals surface area contributed by atoms with Gasteiger partial charge in [0.1, 0.15) is 5.82 Å². The average Bonchev–Trinajstić information content (AvgIpc) is 3.07. The van der Waals surface area contributed by atoms with Gasteiger partial charge in [-0.2, -0.15) is 0 Å². The number of ether oxygens (including phenoxy) is 1. The number of likely N-dealkylation sites (N-methyl/N-ethyl adjacent to an activating group) is 1. The van der Waals surface area contributed by atoms with E-state index in [1.807, 2.05) is 12.4 Å². The molecule has 5 heteroatoms. The van der Waals surface area contributed by atoms with Gasteiger partial charge in [0.05, 0.1) is 18.7 Å². The van der Waals surface area contributed by atoms with Crippen molar-refractivity contribution in [2.24, 2.45) is 7.05 Å². The Hall–Kier alpha value is -0.910. The van der Waals surface area contributed by atoms with E-state index in [-0.39, 0.29) is 0 Å². The minimum Gasteiger partial charge on any atom is -0.375 e. The van der Waals surface area contributed by atoms with Gasteiger partial charge in [0.25, 0.3) is 0 Å². The predicted octanol–water partition coefficient (Wildman–Crippen LogP) is 1.49. The van der Waals surface area contributed by atoms with Crippen molar-refractivity contribution in [3.63, 3.8) is 0 Å². The van der Waals surface area contributed by atoms with Crippen molar-refractivity contribution in [3.05, 3.63) is 18.2 Å². The van der Waals surface area contributed by atoms with Crippen LogP contribution in [-0.2, 0) is 18.3 Å². The van der Waals surface area contributed by atoms with Crippen molar-refractivity contribution in [2.75, 3.05) is 26.2 Å². The summed E-state index contributed by atoms with van der Waals surface area (Å²) < 4.78 is 8.30. The lowest BCUT2D eigenvalue weighted by molar-refractivity contribution is -0.0399. The summed E-state index contributed by atoms with van der Waals surface area (Å²) in [6.45, 7) is 9.67. The molecule has 21 heavy (non-hydrogen) atoms. The molecule has 0 aromatic carbocycles. The number of aromatic nitrogens is 2. The summed E-state index contributed by atoms with van der Waals surface area (Å²) in [7, 11) is 2.08. The Labute approximate surface area is 127 Å². The van der Waals surface area contributed by atoms with Crippen molar-refractivity contribution in [1.82, 2.24) is 19.4 Å². The smallest absolute Gasteiger partial charge is 0.122 e. The van der Waals surface area contributed by atoms with Crippen LogP contribution in [0.1, 0.15) is 32.5 Å². The molecular weight excluding hydrogens is 264 g/mol. The molecule has 1 aromatic heterocycles. The zero-order valence-electron chi connectivity index (χ0n) is 13.5. The molecule has 1 aromatic rings. The fraction of sp³-hybridized carbons (Fsp3) is 0.812. The summed E-state index contributed by atoms with van der Waals surface area (Å²) in [5.74, 6) is 1.15. The van der Waals surface area contributed by atoms with Crippen molar-refractivity contribution in [2.45, 2.75) is 51.4 Å². The molecule has 0 amide bonds. The summed E-state index contributed by atoms with van der Waals surface area (Å²) in [5.41, 5.74) is 0. The second-order valence-corrected chi connectivity index (χ2v) is 6.22. The Bertz CT molecular complexity index is 457. The van der Waals surface area contributed by atoms with Crippen molar-refractivity contribution >= 4 is 0 Å². The molecule has 3 heterocycles. The first kappa shape index (κ1) is 15.0. The third kappa shape index (κ3) is 2.87. The third-order valence-electron chi connectivity index (χ3n) is 5.15. The maximum Gasteiger partial charge on any atom is 0.122 e. The highest BCUT2D eigenvalue weighted by Gasteiger charge is 2.45. The second kappa shape index (κ2) is 6.46. The highest BCUT2D eigenvalue weighted by atomic mass is 16.5. The number of hydrogen-bond acceptors (Lipinski definition) is 4. The lowest BCUT2D eigenvalue weighted by Gasteiger charge is -2.35. The van der Waals surface area contributed by atoms with E-state index in [4.69, 9.17) is 4.74 Å². The van der Waals surface area contributed by atoms with E-state index >= 15 is 0 Å². The molecule has 0 bridgehead atoms. The summed E-state index contributed by atoms with van der Waals surface area (Å²) >= 11 is 0. The number of likely N-dealkylation sites (tertiary alicyclic amines) is 1. The molecule has 2 aliphatic heterocycles. The average molecular weight is 292 g/mol. The highest BCUT2D eigenvalue weighted by molar-refractivity contribution is 5.03. The Kier molecular flexibility index (Phi) is 4.62. The van der Waals surface area contributed by atoms with Crippen LogP contribution in [0.3, 0.4) is 0 Å². The van der Waals surface area contributed by atoms with Gasteiger partial charge in [-0.1, -0.05) is 13.8 Å². The third-order valence-corrected chi connectivity index (χ3v) is 5.15. The standard InChI is InChI=1S/C16H28N4O/c1-4-19(5-2)14-11-20(12-15-17-8-9-18(15)3)13-7-6-10-21-16(13)14/h8-9,13-14,16H,4-7,10-12H2,1-3H3/t13-,14-,16+/m1/s1. The number of imidazole rings is 1. The fourth-order valence-electron chi connectivity index (χ4n) is 3.95. The zero-order chi connectivity index (χ0) is 14.8. The largest absolute Gasteiger partial charge is 0.375 e. The molecule has 5 nitrogen and oxygen atoms in total. The second-order valence-electron chi connectivity index (χ2n) is 6.22. The molecule has 2 saturated heterocycles. The van der Waals surface area contributed by atoms with Gasteiger partial charge < -0.3 is 9.30 Å². The van der Waals surface area contributed by atoms with Crippen LogP contribution in [-0.4, -0.2) is 63.8 Å². The molecule has 0 saturated carbocycles. The lowest BCUT2D eigenvalue weighted by atomic mass is 10.00. The predicted molar refractivity (Wildman–Crippen MR) is 83.1 cm³/mol. The molecule has 0 N–H and O–H groups in total. The van der Waals surface area contributed by atoms with Crippen molar-refractivity contribution in [3.8, 4) is 0 Å². The molecule has 0 radical (unpaired) electrons. The zero-order valence-corrected chi connectivity index (χ0v) is 13.5. The van der Waals surface area contributed by atoms with Crippen LogP contribution in [0, 0.1) is 0 Å². The van der Waals surface area contributed by atoms with Gasteiger partial charge in [0.15, 0.2) is 0 Å². The van der Waals surface area contributed by atoms with Gasteiger partial charge >= 0.3 is 0 Å². The Balaban J connectivity index is 1.76. The number of nitrogens with zero attached hydrogens (tertiary/aromatic N) is 4. The van der Waals surface area contributed by atoms with Gasteiger partial charge in [-0.25, -0.2) is 4.98 Å². The number of rotatable bonds is 5. The van der Waals surface area contributed by atoms with Gasteiger partial charge in [0.2, 0.25) is 0 Å². The highest BCUT2D eigenvalue weighted by Crippen LogP contribution is 2.32. The molecule has 0 aliphatic carbocycles. The SMILES string of the molecule is CCN(CC)[C@@H]1CN(Cc2nccn2C)[C@@H]2CCCO[C@H]12. The molecule has 0 unspecified atom stereocenters. The topological polar surface area (TPSA) is 33.5 Å². The molecular formula is C16H28N4O. The van der Waals surface area contributed by atoms with Crippen LogP contribution in [0.15, 0.2) is 12.4 Å². The first-order chi connectivity index (χ1) is 10.2. The maximum atomic E-state index is 6.17. The van der Waals surface area contributed by atoms with E-state index < -0.39 is 0 Å². The molecule has 3 atom stereocenters. The minimum absolute atomic E-state index is 0.374. The number of hydrogen-bond donors (Lipinski definition) is 0. The summed E-state index contributed by atoms with van der Waals surface area (Å²) in [6, 6.07) is 1.09. The number of fused-ring (bicyclic) bond motifs is 1. The van der Waals surface area contributed by atoms with Gasteiger partial charge in [-0.3, -0.25) is 9.80 Å². The fourth-order valence-corrected chi connectivity index (χ4v) is 3.95. The van der Waals surface area contributed by atoms with E-state index in [1.165, 1.54) is 12.8 Å². The van der Waals surface area contributed by atoms with Crippen LogP contribution in [0.25, 0.3) is 0 Å². The maximum absolute atomic E-state index is 6.17. The van der Waals surface area contributed by atoms with Crippen LogP contribution in [0.5, 0.6) is 0 Å². The summed E-state index contributed by atoms with van der Waals surface area (Å²) in [6.07, 6.45) is 6.74. The molecule has 2 fully saturated rings. The Morgan fingerprint density at radius 3 is 2.86 bits per heavy atom. The lowest BCUT2D eigenvalue weighted by Crippen LogP contribution is -2.47. The number of aryl methyl sites for hydroxylation is 1. The van der Waals surface area contributed by atoms with Gasteiger partial charge in [-0.05, 0) is 25.9 Å². The van der Waals surface area contributed by atoms with Crippen molar-refractivity contribution in [1.29, 1.82) is 0 Å². The first-order valence-electron chi connectivity index (χ1n) is 8.30. The molecule has 3 rings (SSSR count). The summed E-state index contributed by atoms with van der Waals surface area (Å²) in [4.78, 5) is 9.64. The molecule has 2 aliphatic rings. The van der Waals surface area contributed by atoms with Gasteiger partial charge in [0, 0.05) is 38.6 Å². The Morgan fingerprint density at radius 2 is 2.19 bits per heavy atom. The minimum atomic E-state index is 0.374. The van der Waals surface area contributed by atoms with Gasteiger partial charge in [-0.15, -0.1) is 0 Å². The first-order valence-corrected chi connectivity index (χ1v) is 8.30. The quantitative estimate of drug-likeness (QED) is 0.823. The van der Waals surface area contributed by atoms with Crippen molar-refractivity contribution < 1.29 is 4.74 Å². The summed E-state index contributed by atoms with van der Waals surface area (Å²) in [5, 5.41) is 0.